The van der Waals surface area contributed by atoms with Gasteiger partial charge in [0.15, 0.2) is 10.3 Å². The molecule has 2 aliphatic rings. The lowest BCUT2D eigenvalue weighted by molar-refractivity contribution is 0.102. The number of hydrogen-bond acceptors (Lipinski definition) is 9. The van der Waals surface area contributed by atoms with E-state index in [0.29, 0.717) is 20.0 Å². The highest BCUT2D eigenvalue weighted by Gasteiger charge is 2.24. The number of amides is 2. The first-order chi connectivity index (χ1) is 18.1. The van der Waals surface area contributed by atoms with Gasteiger partial charge in [0.1, 0.15) is 0 Å². The molecule has 0 saturated heterocycles. The molecular formula is C26H16N4O2S5. The van der Waals surface area contributed by atoms with Crippen molar-refractivity contribution in [2.45, 2.75) is 21.3 Å². The van der Waals surface area contributed by atoms with E-state index in [9.17, 15) is 9.59 Å². The molecule has 0 atom stereocenters. The number of benzene rings is 2. The molecule has 0 aliphatic carbocycles. The Balaban J connectivity index is 1.05. The minimum Gasteiger partial charge on any atom is -0.297 e. The molecule has 3 aromatic heterocycles. The molecule has 0 spiro atoms. The van der Waals surface area contributed by atoms with Crippen LogP contribution in [-0.2, 0) is 11.5 Å². The molecule has 11 heteroatoms. The lowest BCUT2D eigenvalue weighted by Gasteiger charge is -2.13. The zero-order chi connectivity index (χ0) is 24.9. The summed E-state index contributed by atoms with van der Waals surface area (Å²) in [5.74, 6) is 1.14. The Hall–Kier alpha value is -2.96. The molecule has 182 valence electrons. The molecule has 0 fully saturated rings. The molecular weight excluding hydrogens is 561 g/mol. The monoisotopic (exact) mass is 576 g/mol. The number of thiazole rings is 2. The predicted octanol–water partition coefficient (Wildman–Crippen LogP) is 7.71. The van der Waals surface area contributed by atoms with Crippen molar-refractivity contribution in [3.05, 3.63) is 80.2 Å². The van der Waals surface area contributed by atoms with Gasteiger partial charge >= 0.3 is 0 Å². The second-order valence-electron chi connectivity index (χ2n) is 8.22. The van der Waals surface area contributed by atoms with E-state index in [0.717, 1.165) is 55.1 Å². The summed E-state index contributed by atoms with van der Waals surface area (Å²) in [5.41, 5.74) is 4.08. The molecule has 6 nitrogen and oxygen atoms in total. The summed E-state index contributed by atoms with van der Waals surface area (Å²) in [6.45, 7) is 0. The Labute approximate surface area is 232 Å². The third-order valence-corrected chi connectivity index (χ3v) is 11.5. The van der Waals surface area contributed by atoms with Crippen molar-refractivity contribution in [2.75, 3.05) is 10.6 Å². The van der Waals surface area contributed by atoms with E-state index in [2.05, 4.69) is 34.9 Å². The van der Waals surface area contributed by atoms with Gasteiger partial charge in [0.2, 0.25) is 0 Å². The van der Waals surface area contributed by atoms with Crippen molar-refractivity contribution in [1.29, 1.82) is 0 Å². The predicted molar refractivity (Wildman–Crippen MR) is 154 cm³/mol. The standard InChI is InChI=1S/C26H16N4O2S5/c31-23(29-25-27-21-13-5-1-3-7-15(13)33-11-19(21)36-25)17-9-10-18(35-17)24(32)30-26-28-22-14-6-2-4-8-16(14)34-12-20(22)37-26/h1-10H,11-12H2,(H,27,29,31)(H,28,30,32). The van der Waals surface area contributed by atoms with Crippen molar-refractivity contribution < 1.29 is 9.59 Å². The van der Waals surface area contributed by atoms with Gasteiger partial charge in [-0.3, -0.25) is 20.2 Å². The summed E-state index contributed by atoms with van der Waals surface area (Å²) >= 11 is 7.72. The third kappa shape index (κ3) is 4.30. The van der Waals surface area contributed by atoms with Crippen molar-refractivity contribution in [3.63, 3.8) is 0 Å². The van der Waals surface area contributed by atoms with Gasteiger partial charge in [-0.2, -0.15) is 0 Å². The summed E-state index contributed by atoms with van der Waals surface area (Å²) in [4.78, 5) is 40.9. The molecule has 2 N–H and O–H groups in total. The van der Waals surface area contributed by atoms with Crippen LogP contribution in [0.25, 0.3) is 22.5 Å². The number of carbonyl (C=O) groups excluding carboxylic acids is 2. The quantitative estimate of drug-likeness (QED) is 0.228. The molecule has 2 amide bonds. The normalized spacial score (nSPS) is 13.2. The Morgan fingerprint density at radius 2 is 1.08 bits per heavy atom. The average molecular weight is 577 g/mol. The van der Waals surface area contributed by atoms with Crippen molar-refractivity contribution >= 4 is 79.6 Å². The van der Waals surface area contributed by atoms with Gasteiger partial charge in [-0.15, -0.1) is 57.5 Å². The summed E-state index contributed by atoms with van der Waals surface area (Å²) in [5, 5.41) is 6.97. The van der Waals surface area contributed by atoms with E-state index in [1.54, 1.807) is 35.7 Å². The molecule has 2 aliphatic heterocycles. The minimum absolute atomic E-state index is 0.269. The van der Waals surface area contributed by atoms with Crippen LogP contribution in [0.3, 0.4) is 0 Å². The number of thiophene rings is 1. The third-order valence-electron chi connectivity index (χ3n) is 5.89. The largest absolute Gasteiger partial charge is 0.297 e. The first kappa shape index (κ1) is 23.2. The highest BCUT2D eigenvalue weighted by atomic mass is 32.2. The molecule has 5 aromatic rings. The maximum absolute atomic E-state index is 12.9. The second kappa shape index (κ2) is 9.41. The van der Waals surface area contributed by atoms with Gasteiger partial charge in [-0.1, -0.05) is 36.4 Å². The van der Waals surface area contributed by atoms with Crippen molar-refractivity contribution in [1.82, 2.24) is 9.97 Å². The van der Waals surface area contributed by atoms with E-state index in [4.69, 9.17) is 9.97 Å². The van der Waals surface area contributed by atoms with E-state index in [-0.39, 0.29) is 11.8 Å². The fourth-order valence-corrected chi connectivity index (χ4v) is 9.18. The molecule has 7 rings (SSSR count). The first-order valence-corrected chi connectivity index (χ1v) is 15.7. The number of nitrogens with zero attached hydrogens (tertiary/aromatic N) is 2. The lowest BCUT2D eigenvalue weighted by Crippen LogP contribution is -2.11. The van der Waals surface area contributed by atoms with Crippen LogP contribution < -0.4 is 10.6 Å². The van der Waals surface area contributed by atoms with Crippen LogP contribution in [0.5, 0.6) is 0 Å². The summed E-state index contributed by atoms with van der Waals surface area (Å²) in [7, 11) is 0. The second-order valence-corrected chi connectivity index (χ2v) is 13.5. The number of aromatic nitrogens is 2. The SMILES string of the molecule is O=C(Nc1nc2c(s1)CSc1ccccc1-2)c1ccc(C(=O)Nc2nc3c(s2)CSc2ccccc2-3)s1. The molecule has 0 radical (unpaired) electrons. The maximum Gasteiger partial charge on any atom is 0.267 e. The van der Waals surface area contributed by atoms with Crippen LogP contribution in [0.2, 0.25) is 0 Å². The molecule has 0 bridgehead atoms. The highest BCUT2D eigenvalue weighted by Crippen LogP contribution is 2.45. The van der Waals surface area contributed by atoms with Crippen molar-refractivity contribution in [3.8, 4) is 22.5 Å². The minimum atomic E-state index is -0.269. The molecule has 0 saturated carbocycles. The number of hydrogen-bond donors (Lipinski definition) is 2. The van der Waals surface area contributed by atoms with E-state index in [1.165, 1.54) is 32.5 Å². The van der Waals surface area contributed by atoms with Gasteiger partial charge in [0.05, 0.1) is 21.1 Å². The van der Waals surface area contributed by atoms with Crippen LogP contribution in [0.1, 0.15) is 29.1 Å². The van der Waals surface area contributed by atoms with Gasteiger partial charge in [-0.05, 0) is 24.3 Å². The smallest absolute Gasteiger partial charge is 0.267 e. The van der Waals surface area contributed by atoms with Crippen LogP contribution in [0.15, 0.2) is 70.5 Å². The maximum atomic E-state index is 12.9. The molecule has 5 heterocycles. The lowest BCUT2D eigenvalue weighted by atomic mass is 10.1. The van der Waals surface area contributed by atoms with Crippen molar-refractivity contribution in [2.24, 2.45) is 0 Å². The highest BCUT2D eigenvalue weighted by molar-refractivity contribution is 7.99. The zero-order valence-electron chi connectivity index (χ0n) is 18.9. The Morgan fingerprint density at radius 3 is 1.57 bits per heavy atom. The Bertz CT molecular complexity index is 1580. The zero-order valence-corrected chi connectivity index (χ0v) is 23.0. The first-order valence-electron chi connectivity index (χ1n) is 11.3. The Kier molecular flexibility index (Phi) is 5.89. The van der Waals surface area contributed by atoms with E-state index in [1.807, 2.05) is 24.3 Å². The Morgan fingerprint density at radius 1 is 0.622 bits per heavy atom. The van der Waals surface area contributed by atoms with Crippen LogP contribution in [-0.4, -0.2) is 21.8 Å². The molecule has 0 unspecified atom stereocenters. The summed E-state index contributed by atoms with van der Waals surface area (Å²) in [6, 6.07) is 19.7. The van der Waals surface area contributed by atoms with Crippen LogP contribution in [0, 0.1) is 0 Å². The number of carbonyl (C=O) groups is 2. The average Bonchev–Trinajstić information content (AvgIpc) is 3.66. The van der Waals surface area contributed by atoms with Crippen LogP contribution >= 0.6 is 57.5 Å². The number of nitrogens with one attached hydrogen (secondary N) is 2. The topological polar surface area (TPSA) is 84.0 Å². The van der Waals surface area contributed by atoms with E-state index < -0.39 is 0 Å². The molecule has 2 aromatic carbocycles. The van der Waals surface area contributed by atoms with Gasteiger partial charge < -0.3 is 0 Å². The van der Waals surface area contributed by atoms with Crippen LogP contribution in [0.4, 0.5) is 10.3 Å². The molecule has 37 heavy (non-hydrogen) atoms. The number of thioether (sulfide) groups is 2. The summed E-state index contributed by atoms with van der Waals surface area (Å²) < 4.78 is 0. The van der Waals surface area contributed by atoms with E-state index >= 15 is 0 Å². The summed E-state index contributed by atoms with van der Waals surface area (Å²) in [6.07, 6.45) is 0. The van der Waals surface area contributed by atoms with Gasteiger partial charge in [-0.25, -0.2) is 9.97 Å². The van der Waals surface area contributed by atoms with Gasteiger partial charge in [0.25, 0.3) is 11.8 Å². The van der Waals surface area contributed by atoms with Gasteiger partial charge in [0, 0.05) is 42.2 Å². The number of rotatable bonds is 4. The fraction of sp³-hybridized carbons (Fsp3) is 0.0769. The fourth-order valence-electron chi connectivity index (χ4n) is 4.19. The number of anilines is 2. The number of fused-ring (bicyclic) bond motifs is 6.